The van der Waals surface area contributed by atoms with Crippen molar-refractivity contribution < 1.29 is 20.2 Å². The summed E-state index contributed by atoms with van der Waals surface area (Å²) >= 11 is 0.960. The summed E-state index contributed by atoms with van der Waals surface area (Å²) in [5, 5.41) is 33.8. The molecule has 9 heteroatoms. The molecule has 0 spiro atoms. The second kappa shape index (κ2) is 5.59. The lowest BCUT2D eigenvalue weighted by Crippen LogP contribution is -1.97. The van der Waals surface area contributed by atoms with Crippen LogP contribution in [0.25, 0.3) is 11.4 Å². The van der Waals surface area contributed by atoms with Crippen LogP contribution in [0.2, 0.25) is 0 Å². The van der Waals surface area contributed by atoms with Crippen LogP contribution in [0, 0.1) is 0 Å². The number of anilines is 1. The molecule has 0 amide bonds. The minimum Gasteiger partial charge on any atom is -0.507 e. The van der Waals surface area contributed by atoms with Crippen molar-refractivity contribution in [3.05, 3.63) is 18.2 Å². The molecule has 0 aliphatic carbocycles. The van der Waals surface area contributed by atoms with Crippen molar-refractivity contribution in [1.29, 1.82) is 0 Å². The standard InChI is InChI=1S/C10H10N4O4S/c15-7-2-1-5(14-18)3-6(7)9-11-10(13-12-9)19-4-8(16)17/h1-3,14-15,18H,4H2,(H,16,17)(H,11,12,13). The summed E-state index contributed by atoms with van der Waals surface area (Å²) in [6.45, 7) is 0. The average molecular weight is 282 g/mol. The number of carboxylic acids is 1. The first kappa shape index (κ1) is 13.2. The number of hydrogen-bond acceptors (Lipinski definition) is 7. The first-order valence-corrected chi connectivity index (χ1v) is 6.09. The van der Waals surface area contributed by atoms with E-state index in [0.29, 0.717) is 11.3 Å². The van der Waals surface area contributed by atoms with Crippen molar-refractivity contribution in [3.63, 3.8) is 0 Å². The Morgan fingerprint density at radius 2 is 2.26 bits per heavy atom. The number of benzene rings is 1. The van der Waals surface area contributed by atoms with Crippen LogP contribution in [0.4, 0.5) is 5.69 Å². The summed E-state index contributed by atoms with van der Waals surface area (Å²) in [4.78, 5) is 14.5. The van der Waals surface area contributed by atoms with Crippen molar-refractivity contribution in [2.75, 3.05) is 11.2 Å². The van der Waals surface area contributed by atoms with Crippen LogP contribution in [-0.2, 0) is 4.79 Å². The van der Waals surface area contributed by atoms with Crippen LogP contribution in [-0.4, -0.2) is 42.3 Å². The normalized spacial score (nSPS) is 10.4. The number of H-pyrrole nitrogens is 1. The van der Waals surface area contributed by atoms with Gasteiger partial charge >= 0.3 is 5.97 Å². The largest absolute Gasteiger partial charge is 0.507 e. The van der Waals surface area contributed by atoms with Crippen LogP contribution in [0.3, 0.4) is 0 Å². The maximum Gasteiger partial charge on any atom is 0.313 e. The number of phenolic OH excluding ortho intramolecular Hbond substituents is 1. The van der Waals surface area contributed by atoms with E-state index < -0.39 is 5.97 Å². The number of carbonyl (C=O) groups is 1. The number of aromatic amines is 1. The lowest BCUT2D eigenvalue weighted by atomic mass is 10.1. The number of nitrogens with zero attached hydrogens (tertiary/aromatic N) is 2. The highest BCUT2D eigenvalue weighted by Gasteiger charge is 2.12. The number of hydrogen-bond donors (Lipinski definition) is 5. The van der Waals surface area contributed by atoms with Gasteiger partial charge in [0.15, 0.2) is 5.82 Å². The van der Waals surface area contributed by atoms with E-state index in [1.54, 1.807) is 0 Å². The fourth-order valence-electron chi connectivity index (χ4n) is 1.35. The van der Waals surface area contributed by atoms with Crippen LogP contribution in [0.15, 0.2) is 23.4 Å². The second-order valence-electron chi connectivity index (χ2n) is 3.49. The smallest absolute Gasteiger partial charge is 0.313 e. The van der Waals surface area contributed by atoms with Gasteiger partial charge in [0, 0.05) is 0 Å². The minimum absolute atomic E-state index is 0.0371. The summed E-state index contributed by atoms with van der Waals surface area (Å²) in [6.07, 6.45) is 0. The lowest BCUT2D eigenvalue weighted by molar-refractivity contribution is -0.133. The van der Waals surface area contributed by atoms with Gasteiger partial charge in [-0.3, -0.25) is 20.6 Å². The second-order valence-corrected chi connectivity index (χ2v) is 4.44. The lowest BCUT2D eigenvalue weighted by Gasteiger charge is -2.03. The Labute approximate surface area is 111 Å². The molecule has 19 heavy (non-hydrogen) atoms. The van der Waals surface area contributed by atoms with Gasteiger partial charge in [-0.05, 0) is 18.2 Å². The molecule has 0 radical (unpaired) electrons. The summed E-state index contributed by atoms with van der Waals surface area (Å²) in [6, 6.07) is 4.34. The molecule has 1 aromatic carbocycles. The van der Waals surface area contributed by atoms with E-state index in [1.807, 2.05) is 5.48 Å². The summed E-state index contributed by atoms with van der Waals surface area (Å²) < 4.78 is 0. The molecule has 8 nitrogen and oxygen atoms in total. The molecule has 0 fully saturated rings. The quantitative estimate of drug-likeness (QED) is 0.313. The minimum atomic E-state index is -0.967. The zero-order chi connectivity index (χ0) is 13.8. The molecule has 2 aromatic rings. The molecule has 0 bridgehead atoms. The van der Waals surface area contributed by atoms with Crippen molar-refractivity contribution in [2.45, 2.75) is 5.16 Å². The molecule has 0 unspecified atom stereocenters. The first-order valence-electron chi connectivity index (χ1n) is 5.10. The number of carboxylic acid groups (broad SMARTS) is 1. The van der Waals surface area contributed by atoms with Gasteiger partial charge in [-0.2, -0.15) is 0 Å². The fourth-order valence-corrected chi connectivity index (χ4v) is 1.87. The third kappa shape index (κ3) is 3.14. The Hall–Kier alpha value is -2.26. The third-order valence-corrected chi connectivity index (χ3v) is 3.00. The van der Waals surface area contributed by atoms with Crippen molar-refractivity contribution in [1.82, 2.24) is 15.2 Å². The summed E-state index contributed by atoms with van der Waals surface area (Å²) in [5.74, 6) is -0.875. The fraction of sp³-hybridized carbons (Fsp3) is 0.100. The van der Waals surface area contributed by atoms with E-state index >= 15 is 0 Å². The van der Waals surface area contributed by atoms with Crippen LogP contribution in [0.1, 0.15) is 0 Å². The van der Waals surface area contributed by atoms with E-state index in [-0.39, 0.29) is 22.5 Å². The van der Waals surface area contributed by atoms with E-state index in [0.717, 1.165) is 11.8 Å². The first-order chi connectivity index (χ1) is 9.10. The molecule has 0 aliphatic rings. The van der Waals surface area contributed by atoms with Gasteiger partial charge in [0.05, 0.1) is 17.0 Å². The molecule has 0 saturated heterocycles. The molecule has 1 heterocycles. The van der Waals surface area contributed by atoms with E-state index in [1.165, 1.54) is 18.2 Å². The average Bonchev–Trinajstić information content (AvgIpc) is 2.85. The maximum absolute atomic E-state index is 10.4. The van der Waals surface area contributed by atoms with Crippen molar-refractivity contribution in [2.24, 2.45) is 0 Å². The van der Waals surface area contributed by atoms with E-state index in [9.17, 15) is 9.90 Å². The maximum atomic E-state index is 10.4. The van der Waals surface area contributed by atoms with Gasteiger partial charge in [0.2, 0.25) is 5.16 Å². The van der Waals surface area contributed by atoms with Gasteiger partial charge < -0.3 is 10.2 Å². The van der Waals surface area contributed by atoms with E-state index in [4.69, 9.17) is 10.3 Å². The van der Waals surface area contributed by atoms with E-state index in [2.05, 4.69) is 15.2 Å². The number of rotatable bonds is 5. The summed E-state index contributed by atoms with van der Waals surface area (Å²) in [7, 11) is 0. The highest BCUT2D eigenvalue weighted by atomic mass is 32.2. The molecule has 1 aromatic heterocycles. The zero-order valence-electron chi connectivity index (χ0n) is 9.49. The predicted octanol–water partition coefficient (Wildman–Crippen LogP) is 1.16. The molecule has 5 N–H and O–H groups in total. The zero-order valence-corrected chi connectivity index (χ0v) is 10.3. The van der Waals surface area contributed by atoms with Crippen molar-refractivity contribution >= 4 is 23.4 Å². The van der Waals surface area contributed by atoms with Gasteiger partial charge in [0.1, 0.15) is 5.75 Å². The number of aromatic nitrogens is 3. The topological polar surface area (TPSA) is 131 Å². The number of phenols is 1. The van der Waals surface area contributed by atoms with Crippen LogP contribution >= 0.6 is 11.8 Å². The Morgan fingerprint density at radius 1 is 1.47 bits per heavy atom. The third-order valence-electron chi connectivity index (χ3n) is 2.17. The van der Waals surface area contributed by atoms with Crippen molar-refractivity contribution in [3.8, 4) is 17.1 Å². The highest BCUT2D eigenvalue weighted by molar-refractivity contribution is 7.99. The highest BCUT2D eigenvalue weighted by Crippen LogP contribution is 2.30. The molecular weight excluding hydrogens is 272 g/mol. The molecule has 0 saturated carbocycles. The molecule has 100 valence electrons. The van der Waals surface area contributed by atoms with Crippen LogP contribution in [0.5, 0.6) is 5.75 Å². The SMILES string of the molecule is O=C(O)CSc1n[nH]c(-c2cc(NO)ccc2O)n1. The van der Waals surface area contributed by atoms with Gasteiger partial charge in [0.25, 0.3) is 0 Å². The monoisotopic (exact) mass is 282 g/mol. The number of aliphatic carboxylic acids is 1. The Kier molecular flexibility index (Phi) is 3.88. The molecule has 2 rings (SSSR count). The van der Waals surface area contributed by atoms with Gasteiger partial charge in [-0.25, -0.2) is 4.98 Å². The Bertz CT molecular complexity index is 601. The Morgan fingerprint density at radius 3 is 2.95 bits per heavy atom. The summed E-state index contributed by atoms with van der Waals surface area (Å²) in [5.41, 5.74) is 2.68. The predicted molar refractivity (Wildman–Crippen MR) is 67.3 cm³/mol. The number of thioether (sulfide) groups is 1. The molecular formula is C10H10N4O4S. The molecule has 0 atom stereocenters. The van der Waals surface area contributed by atoms with Gasteiger partial charge in [-0.1, -0.05) is 11.8 Å². The number of nitrogens with one attached hydrogen (secondary N) is 2. The van der Waals surface area contributed by atoms with Crippen LogP contribution < -0.4 is 5.48 Å². The molecule has 0 aliphatic heterocycles. The number of aromatic hydroxyl groups is 1. The Balaban J connectivity index is 2.24. The van der Waals surface area contributed by atoms with Gasteiger partial charge in [-0.15, -0.1) is 5.10 Å².